The van der Waals surface area contributed by atoms with Crippen LogP contribution in [0.4, 0.5) is 0 Å². The normalized spacial score (nSPS) is 10.8. The Labute approximate surface area is 178 Å². The summed E-state index contributed by atoms with van der Waals surface area (Å²) in [6.07, 6.45) is 7.83. The molecule has 3 aromatic carbocycles. The van der Waals surface area contributed by atoms with Gasteiger partial charge in [-0.2, -0.15) is 10.5 Å². The highest BCUT2D eigenvalue weighted by atomic mass is 15.1. The summed E-state index contributed by atoms with van der Waals surface area (Å²) in [4.78, 5) is 2.28. The highest BCUT2D eigenvalue weighted by Crippen LogP contribution is 2.16. The molecule has 0 unspecified atom stereocenters. The van der Waals surface area contributed by atoms with Crippen molar-refractivity contribution in [3.8, 4) is 24.5 Å². The van der Waals surface area contributed by atoms with Crippen LogP contribution in [0.15, 0.2) is 84.9 Å². The van der Waals surface area contributed by atoms with Crippen molar-refractivity contribution in [3.63, 3.8) is 0 Å². The van der Waals surface area contributed by atoms with Crippen molar-refractivity contribution < 1.29 is 0 Å². The molecule has 30 heavy (non-hydrogen) atoms. The maximum Gasteiger partial charge on any atom is 0.0991 e. The van der Waals surface area contributed by atoms with Crippen molar-refractivity contribution in [2.75, 3.05) is 6.54 Å². The van der Waals surface area contributed by atoms with Crippen LogP contribution in [0, 0.1) is 35.0 Å². The molecule has 3 rings (SSSR count). The highest BCUT2D eigenvalue weighted by molar-refractivity contribution is 5.78. The fourth-order valence-electron chi connectivity index (χ4n) is 3.17. The Morgan fingerprint density at radius 3 is 1.70 bits per heavy atom. The molecular formula is C27H21N3. The molecule has 0 aliphatic heterocycles. The Morgan fingerprint density at radius 1 is 0.767 bits per heavy atom. The maximum atomic E-state index is 9.02. The average Bonchev–Trinajstić information content (AvgIpc) is 2.81. The van der Waals surface area contributed by atoms with E-state index >= 15 is 0 Å². The van der Waals surface area contributed by atoms with Gasteiger partial charge in [0.1, 0.15) is 0 Å². The van der Waals surface area contributed by atoms with Gasteiger partial charge in [0, 0.05) is 25.2 Å². The minimum absolute atomic E-state index is 0.649. The molecule has 0 aliphatic carbocycles. The van der Waals surface area contributed by atoms with Crippen LogP contribution in [-0.2, 0) is 13.1 Å². The first kappa shape index (κ1) is 20.6. The van der Waals surface area contributed by atoms with Gasteiger partial charge in [-0.1, -0.05) is 66.6 Å². The molecule has 0 radical (unpaired) electrons. The Kier molecular flexibility index (Phi) is 7.18. The molecule has 0 aromatic heterocycles. The molecule has 0 atom stereocenters. The van der Waals surface area contributed by atoms with Crippen molar-refractivity contribution in [2.45, 2.75) is 13.1 Å². The first-order valence-corrected chi connectivity index (χ1v) is 9.64. The Morgan fingerprint density at radius 2 is 1.27 bits per heavy atom. The fourth-order valence-corrected chi connectivity index (χ4v) is 3.17. The number of nitrogens with zero attached hydrogens (tertiary/aromatic N) is 3. The van der Waals surface area contributed by atoms with Crippen LogP contribution >= 0.6 is 0 Å². The Bertz CT molecular complexity index is 1060. The van der Waals surface area contributed by atoms with Crippen molar-refractivity contribution in [1.29, 1.82) is 10.5 Å². The number of rotatable bonds is 7. The monoisotopic (exact) mass is 387 g/mol. The zero-order valence-corrected chi connectivity index (χ0v) is 16.6. The van der Waals surface area contributed by atoms with Gasteiger partial charge in [-0.25, -0.2) is 0 Å². The van der Waals surface area contributed by atoms with Crippen LogP contribution in [0.25, 0.3) is 5.57 Å². The summed E-state index contributed by atoms with van der Waals surface area (Å²) in [5.74, 6) is 2.79. The van der Waals surface area contributed by atoms with E-state index in [4.69, 9.17) is 16.9 Å². The molecule has 0 fully saturated rings. The molecule has 3 heteroatoms. The van der Waals surface area contributed by atoms with E-state index in [0.29, 0.717) is 17.7 Å². The van der Waals surface area contributed by atoms with E-state index in [-0.39, 0.29) is 0 Å². The van der Waals surface area contributed by atoms with E-state index in [1.54, 1.807) is 0 Å². The van der Waals surface area contributed by atoms with Gasteiger partial charge >= 0.3 is 0 Å². The van der Waals surface area contributed by atoms with E-state index in [1.807, 2.05) is 78.9 Å². The zero-order valence-electron chi connectivity index (χ0n) is 16.6. The third-order valence-corrected chi connectivity index (χ3v) is 4.77. The van der Waals surface area contributed by atoms with Crippen LogP contribution in [0.2, 0.25) is 0 Å². The molecular weight excluding hydrogens is 366 g/mol. The first-order chi connectivity index (χ1) is 14.7. The number of benzene rings is 3. The van der Waals surface area contributed by atoms with Crippen molar-refractivity contribution in [3.05, 3.63) is 113 Å². The molecule has 0 N–H and O–H groups in total. The predicted molar refractivity (Wildman–Crippen MR) is 120 cm³/mol. The minimum atomic E-state index is 0.649. The average molecular weight is 387 g/mol. The molecule has 144 valence electrons. The smallest absolute Gasteiger partial charge is 0.0991 e. The SMILES string of the molecule is C#C/C(=C/CN(Cc1ccc(C#N)cc1)Cc1ccc(C#N)cc1)c1ccccc1. The summed E-state index contributed by atoms with van der Waals surface area (Å²) in [5.41, 5.74) is 5.43. The molecule has 3 aromatic rings. The van der Waals surface area contributed by atoms with Gasteiger partial charge in [0.2, 0.25) is 0 Å². The summed E-state index contributed by atoms with van der Waals surface area (Å²) in [6, 6.07) is 29.5. The van der Waals surface area contributed by atoms with Crippen molar-refractivity contribution in [1.82, 2.24) is 4.90 Å². The van der Waals surface area contributed by atoms with Crippen molar-refractivity contribution >= 4 is 5.57 Å². The van der Waals surface area contributed by atoms with Crippen molar-refractivity contribution in [2.24, 2.45) is 0 Å². The lowest BCUT2D eigenvalue weighted by Gasteiger charge is -2.21. The van der Waals surface area contributed by atoms with Crippen LogP contribution in [0.5, 0.6) is 0 Å². The second-order valence-electron chi connectivity index (χ2n) is 6.92. The Hall–Kier alpha value is -4.10. The molecule has 0 heterocycles. The van der Waals surface area contributed by atoms with E-state index < -0.39 is 0 Å². The first-order valence-electron chi connectivity index (χ1n) is 9.64. The van der Waals surface area contributed by atoms with E-state index in [2.05, 4.69) is 29.0 Å². The molecule has 0 saturated heterocycles. The van der Waals surface area contributed by atoms with Gasteiger partial charge in [-0.3, -0.25) is 4.90 Å². The third-order valence-electron chi connectivity index (χ3n) is 4.77. The van der Waals surface area contributed by atoms with E-state index in [9.17, 15) is 0 Å². The number of nitriles is 2. The second-order valence-corrected chi connectivity index (χ2v) is 6.92. The standard InChI is InChI=1S/C27H21N3/c1-2-26(27-6-4-3-5-7-27)16-17-30(20-24-12-8-22(18-28)9-13-24)21-25-14-10-23(19-29)11-15-25/h1,3-16H,17,20-21H2/b26-16-. The number of hydrogen-bond donors (Lipinski definition) is 0. The van der Waals surface area contributed by atoms with Crippen LogP contribution in [0.3, 0.4) is 0 Å². The predicted octanol–water partition coefficient (Wildman–Crippen LogP) is 5.15. The van der Waals surface area contributed by atoms with Crippen LogP contribution in [0.1, 0.15) is 27.8 Å². The number of terminal acetylenes is 1. The molecule has 3 nitrogen and oxygen atoms in total. The second kappa shape index (κ2) is 10.4. The Balaban J connectivity index is 1.81. The zero-order chi connectivity index (χ0) is 21.2. The van der Waals surface area contributed by atoms with E-state index in [1.165, 1.54) is 0 Å². The van der Waals surface area contributed by atoms with Gasteiger partial charge in [-0.15, -0.1) is 6.42 Å². The van der Waals surface area contributed by atoms with Crippen LogP contribution < -0.4 is 0 Å². The summed E-state index contributed by atoms with van der Waals surface area (Å²) in [5, 5.41) is 18.0. The van der Waals surface area contributed by atoms with Gasteiger partial charge < -0.3 is 0 Å². The van der Waals surface area contributed by atoms with Crippen LogP contribution in [-0.4, -0.2) is 11.4 Å². The van der Waals surface area contributed by atoms with Gasteiger partial charge in [0.05, 0.1) is 23.3 Å². The number of hydrogen-bond acceptors (Lipinski definition) is 3. The van der Waals surface area contributed by atoms with E-state index in [0.717, 1.165) is 35.4 Å². The van der Waals surface area contributed by atoms with Gasteiger partial charge in [0.15, 0.2) is 0 Å². The van der Waals surface area contributed by atoms with Gasteiger partial charge in [-0.05, 0) is 41.0 Å². The maximum absolute atomic E-state index is 9.02. The topological polar surface area (TPSA) is 50.8 Å². The lowest BCUT2D eigenvalue weighted by atomic mass is 10.1. The molecule has 0 aliphatic rings. The largest absolute Gasteiger partial charge is 0.291 e. The quantitative estimate of drug-likeness (QED) is 0.527. The lowest BCUT2D eigenvalue weighted by molar-refractivity contribution is 0.286. The summed E-state index contributed by atoms with van der Waals surface area (Å²) < 4.78 is 0. The fraction of sp³-hybridized carbons (Fsp3) is 0.111. The molecule has 0 saturated carbocycles. The summed E-state index contributed by atoms with van der Waals surface area (Å²) in [7, 11) is 0. The highest BCUT2D eigenvalue weighted by Gasteiger charge is 2.08. The third kappa shape index (κ3) is 5.70. The summed E-state index contributed by atoms with van der Waals surface area (Å²) >= 11 is 0. The lowest BCUT2D eigenvalue weighted by Crippen LogP contribution is -2.23. The number of allylic oxidation sites excluding steroid dienone is 1. The minimum Gasteiger partial charge on any atom is -0.291 e. The van der Waals surface area contributed by atoms with Gasteiger partial charge in [0.25, 0.3) is 0 Å². The molecule has 0 bridgehead atoms. The summed E-state index contributed by atoms with van der Waals surface area (Å²) in [6.45, 7) is 2.11. The molecule has 0 spiro atoms. The molecule has 0 amide bonds.